The third-order valence-electron chi connectivity index (χ3n) is 8.34. The van der Waals surface area contributed by atoms with Crippen LogP contribution in [-0.4, -0.2) is 36.1 Å². The van der Waals surface area contributed by atoms with Gasteiger partial charge in [-0.25, -0.2) is 4.98 Å². The maximum atomic E-state index is 12.1. The number of nitro groups is 1. The van der Waals surface area contributed by atoms with E-state index in [9.17, 15) is 10.1 Å². The van der Waals surface area contributed by atoms with Gasteiger partial charge in [0.2, 0.25) is 5.82 Å². The number of rotatable bonds is 7. The first kappa shape index (κ1) is 28.2. The Morgan fingerprint density at radius 1 is 0.628 bits per heavy atom. The molecule has 2 fully saturated rings. The van der Waals surface area contributed by atoms with Crippen molar-refractivity contribution < 1.29 is 4.92 Å². The number of hydrogen-bond acceptors (Lipinski definition) is 9. The lowest BCUT2D eigenvalue weighted by molar-refractivity contribution is -0.384. The van der Waals surface area contributed by atoms with Crippen molar-refractivity contribution in [2.75, 3.05) is 36.0 Å². The number of hydrogen-bond donors (Lipinski definition) is 0. The molecule has 2 aliphatic heterocycles. The Morgan fingerprint density at radius 3 is 1.42 bits per heavy atom. The molecule has 0 atom stereocenters. The Hall–Kier alpha value is -3.57. The van der Waals surface area contributed by atoms with Crippen LogP contribution in [0.5, 0.6) is 0 Å². The normalized spacial score (nSPS) is 15.6. The predicted octanol–water partition coefficient (Wildman–Crippen LogP) is 9.44. The molecule has 6 nitrogen and oxygen atoms in total. The van der Waals surface area contributed by atoms with Gasteiger partial charge in [-0.05, 0) is 132 Å². The highest BCUT2D eigenvalue weighted by Gasteiger charge is 2.28. The highest BCUT2D eigenvalue weighted by molar-refractivity contribution is 7.09. The summed E-state index contributed by atoms with van der Waals surface area (Å²) in [5, 5.41) is 29.5. The first-order chi connectivity index (χ1) is 21.2. The predicted molar refractivity (Wildman–Crippen MR) is 183 cm³/mol. The molecule has 7 rings (SSSR count). The molecule has 218 valence electrons. The fraction of sp³-hybridized carbons (Fsp3) is 0.242. The smallest absolute Gasteiger partial charge is 0.311 e. The zero-order valence-corrected chi connectivity index (χ0v) is 26.7. The quantitative estimate of drug-likeness (QED) is 0.131. The molecule has 0 N–H and O–H groups in total. The Bertz CT molecular complexity index is 1660. The summed E-state index contributed by atoms with van der Waals surface area (Å²) in [7, 11) is 0. The summed E-state index contributed by atoms with van der Waals surface area (Å²) in [5.41, 5.74) is 10.8. The van der Waals surface area contributed by atoms with Crippen molar-refractivity contribution in [2.45, 2.75) is 25.7 Å². The van der Waals surface area contributed by atoms with E-state index in [4.69, 9.17) is 4.98 Å². The van der Waals surface area contributed by atoms with Gasteiger partial charge in [-0.2, -0.15) is 45.3 Å². The summed E-state index contributed by atoms with van der Waals surface area (Å²) in [6, 6.07) is 12.3. The topological polar surface area (TPSA) is 62.5 Å². The molecule has 0 unspecified atom stereocenters. The van der Waals surface area contributed by atoms with Crippen LogP contribution in [0.15, 0.2) is 90.6 Å². The largest absolute Gasteiger partial charge is 0.356 e. The highest BCUT2D eigenvalue weighted by Crippen LogP contribution is 2.39. The lowest BCUT2D eigenvalue weighted by Crippen LogP contribution is -2.34. The molecule has 0 radical (unpaired) electrons. The molecule has 5 aromatic rings. The van der Waals surface area contributed by atoms with E-state index in [0.717, 1.165) is 44.6 Å². The van der Waals surface area contributed by atoms with Gasteiger partial charge in [0.15, 0.2) is 0 Å². The average molecular weight is 643 g/mol. The maximum absolute atomic E-state index is 12.1. The van der Waals surface area contributed by atoms with Gasteiger partial charge >= 0.3 is 5.69 Å². The first-order valence-corrected chi connectivity index (χ1v) is 18.1. The molecule has 2 aliphatic rings. The van der Waals surface area contributed by atoms with Gasteiger partial charge in [-0.15, -0.1) is 0 Å². The second-order valence-corrected chi connectivity index (χ2v) is 13.9. The fourth-order valence-corrected chi connectivity index (χ4v) is 8.84. The molecular formula is C33H30N4O2S4. The summed E-state index contributed by atoms with van der Waals surface area (Å²) < 4.78 is 0. The van der Waals surface area contributed by atoms with Crippen LogP contribution in [0.2, 0.25) is 0 Å². The van der Waals surface area contributed by atoms with Crippen molar-refractivity contribution in [3.63, 3.8) is 0 Å². The molecule has 0 bridgehead atoms. The van der Waals surface area contributed by atoms with Gasteiger partial charge in [-0.3, -0.25) is 10.1 Å². The number of anilines is 2. The van der Waals surface area contributed by atoms with E-state index in [2.05, 4.69) is 77.1 Å². The summed E-state index contributed by atoms with van der Waals surface area (Å²) >= 11 is 6.89. The number of thiophene rings is 4. The van der Waals surface area contributed by atoms with E-state index in [1.54, 1.807) is 51.4 Å². The SMILES string of the molecule is O=[N+]([O-])c1ccc(N2CCC(=C(c3ccsc3)c3ccsc3)CC2)nc1N1CCC(=C(c2ccsc2)c2ccsc2)CC1. The van der Waals surface area contributed by atoms with Gasteiger partial charge in [0.1, 0.15) is 5.82 Å². The minimum Gasteiger partial charge on any atom is -0.356 e. The summed E-state index contributed by atoms with van der Waals surface area (Å²) in [6.07, 6.45) is 3.60. The van der Waals surface area contributed by atoms with Crippen molar-refractivity contribution in [1.29, 1.82) is 0 Å². The summed E-state index contributed by atoms with van der Waals surface area (Å²) in [5.74, 6) is 1.32. The number of aromatic nitrogens is 1. The molecule has 43 heavy (non-hydrogen) atoms. The zero-order valence-electron chi connectivity index (χ0n) is 23.5. The van der Waals surface area contributed by atoms with Gasteiger partial charge in [0, 0.05) is 32.2 Å². The number of piperidine rings is 2. The van der Waals surface area contributed by atoms with Crippen LogP contribution in [0.1, 0.15) is 47.9 Å². The Balaban J connectivity index is 1.12. The molecule has 7 heterocycles. The first-order valence-electron chi connectivity index (χ1n) is 14.4. The Morgan fingerprint density at radius 2 is 1.05 bits per heavy atom. The van der Waals surface area contributed by atoms with E-state index >= 15 is 0 Å². The third-order valence-corrected chi connectivity index (χ3v) is 11.1. The summed E-state index contributed by atoms with van der Waals surface area (Å²) in [4.78, 5) is 21.2. The second-order valence-electron chi connectivity index (χ2n) is 10.7. The van der Waals surface area contributed by atoms with Crippen molar-refractivity contribution in [3.8, 4) is 0 Å². The van der Waals surface area contributed by atoms with E-state index < -0.39 is 0 Å². The van der Waals surface area contributed by atoms with E-state index in [1.165, 1.54) is 44.5 Å². The van der Waals surface area contributed by atoms with E-state index in [0.29, 0.717) is 18.9 Å². The van der Waals surface area contributed by atoms with E-state index in [1.807, 2.05) is 6.07 Å². The van der Waals surface area contributed by atoms with Crippen molar-refractivity contribution in [3.05, 3.63) is 123 Å². The molecule has 0 spiro atoms. The van der Waals surface area contributed by atoms with E-state index in [-0.39, 0.29) is 10.6 Å². The molecule has 10 heteroatoms. The zero-order chi connectivity index (χ0) is 29.2. The van der Waals surface area contributed by atoms with Gasteiger partial charge in [0.25, 0.3) is 0 Å². The maximum Gasteiger partial charge on any atom is 0.311 e. The van der Waals surface area contributed by atoms with Crippen LogP contribution in [0, 0.1) is 10.1 Å². The minimum atomic E-state index is -0.287. The van der Waals surface area contributed by atoms with Crippen molar-refractivity contribution in [2.24, 2.45) is 0 Å². The van der Waals surface area contributed by atoms with Crippen LogP contribution in [0.25, 0.3) is 11.1 Å². The highest BCUT2D eigenvalue weighted by atomic mass is 32.1. The monoisotopic (exact) mass is 642 g/mol. The lowest BCUT2D eigenvalue weighted by atomic mass is 9.91. The molecule has 0 aliphatic carbocycles. The van der Waals surface area contributed by atoms with Gasteiger partial charge in [-0.1, -0.05) is 11.1 Å². The van der Waals surface area contributed by atoms with Crippen molar-refractivity contribution >= 4 is 73.8 Å². The van der Waals surface area contributed by atoms with Gasteiger partial charge in [0.05, 0.1) is 4.92 Å². The number of pyridine rings is 1. The van der Waals surface area contributed by atoms with Gasteiger partial charge < -0.3 is 9.80 Å². The molecule has 0 aromatic carbocycles. The standard InChI is InChI=1S/C33H30N4O2S4/c38-37(39)29-1-2-30(35-11-3-23(4-12-35)31(25-7-15-40-19-25)26-8-16-41-20-26)34-33(29)36-13-5-24(6-14-36)32(27-9-17-42-21-27)28-10-18-43-22-28/h1-2,7-10,15-22H,3-6,11-14H2. The van der Waals surface area contributed by atoms with Crippen LogP contribution in [0.4, 0.5) is 17.3 Å². The number of nitrogens with zero attached hydrogens (tertiary/aromatic N) is 4. The Kier molecular flexibility index (Phi) is 8.25. The van der Waals surface area contributed by atoms with Crippen LogP contribution < -0.4 is 9.80 Å². The molecule has 2 saturated heterocycles. The third kappa shape index (κ3) is 5.84. The summed E-state index contributed by atoms with van der Waals surface area (Å²) in [6.45, 7) is 3.10. The van der Waals surface area contributed by atoms with Crippen LogP contribution in [0.3, 0.4) is 0 Å². The molecule has 0 saturated carbocycles. The van der Waals surface area contributed by atoms with Crippen molar-refractivity contribution in [1.82, 2.24) is 4.98 Å². The lowest BCUT2D eigenvalue weighted by Gasteiger charge is -2.33. The molecule has 5 aromatic heterocycles. The second kappa shape index (κ2) is 12.6. The van der Waals surface area contributed by atoms with Crippen LogP contribution >= 0.6 is 45.3 Å². The minimum absolute atomic E-state index is 0.0851. The molecular weight excluding hydrogens is 613 g/mol. The fourth-order valence-electron chi connectivity index (χ4n) is 6.25. The average Bonchev–Trinajstić information content (AvgIpc) is 3.88. The Labute approximate surface area is 267 Å². The van der Waals surface area contributed by atoms with Crippen LogP contribution in [-0.2, 0) is 0 Å². The molecule has 0 amide bonds.